The number of rotatable bonds is 3. The van der Waals surface area contributed by atoms with Crippen molar-refractivity contribution in [1.82, 2.24) is 4.98 Å². The van der Waals surface area contributed by atoms with Crippen LogP contribution in [0, 0.1) is 0 Å². The minimum absolute atomic E-state index is 0.141. The molecule has 0 atom stereocenters. The number of hydrogen-bond acceptors (Lipinski definition) is 2. The Morgan fingerprint density at radius 2 is 1.89 bits per heavy atom. The van der Waals surface area contributed by atoms with E-state index in [-0.39, 0.29) is 12.4 Å². The van der Waals surface area contributed by atoms with Crippen molar-refractivity contribution in [2.24, 2.45) is 0 Å². The van der Waals surface area contributed by atoms with Crippen LogP contribution in [-0.2, 0) is 12.8 Å². The van der Waals surface area contributed by atoms with Crippen molar-refractivity contribution in [3.63, 3.8) is 0 Å². The number of ether oxygens (including phenoxy) is 1. The molecule has 2 rings (SSSR count). The lowest BCUT2D eigenvalue weighted by Gasteiger charge is -2.09. The van der Waals surface area contributed by atoms with Gasteiger partial charge in [-0.25, -0.2) is 0 Å². The normalized spacial score (nSPS) is 11.3. The highest BCUT2D eigenvalue weighted by atomic mass is 19.4. The quantitative estimate of drug-likeness (QED) is 0.832. The van der Waals surface area contributed by atoms with Crippen LogP contribution in [0.3, 0.4) is 0 Å². The van der Waals surface area contributed by atoms with Crippen molar-refractivity contribution >= 4 is 0 Å². The van der Waals surface area contributed by atoms with Crippen LogP contribution in [0.1, 0.15) is 11.3 Å². The zero-order valence-corrected chi connectivity index (χ0v) is 9.32. The van der Waals surface area contributed by atoms with E-state index in [1.807, 2.05) is 0 Å². The third kappa shape index (κ3) is 3.23. The Kier molecular flexibility index (Phi) is 3.50. The summed E-state index contributed by atoms with van der Waals surface area (Å²) in [7, 11) is 0. The smallest absolute Gasteiger partial charge is 0.416 e. The Balaban J connectivity index is 2.06. The van der Waals surface area contributed by atoms with Gasteiger partial charge in [0.1, 0.15) is 12.4 Å². The summed E-state index contributed by atoms with van der Waals surface area (Å²) >= 11 is 0. The van der Waals surface area contributed by atoms with Gasteiger partial charge in [0.25, 0.3) is 0 Å². The molecule has 0 unspecified atom stereocenters. The van der Waals surface area contributed by atoms with Gasteiger partial charge in [-0.05, 0) is 30.3 Å². The van der Waals surface area contributed by atoms with Gasteiger partial charge in [-0.1, -0.05) is 12.1 Å². The summed E-state index contributed by atoms with van der Waals surface area (Å²) in [6.45, 7) is 0.141. The molecule has 0 amide bonds. The van der Waals surface area contributed by atoms with Crippen LogP contribution in [0.4, 0.5) is 13.2 Å². The van der Waals surface area contributed by atoms with E-state index in [9.17, 15) is 13.2 Å². The highest BCUT2D eigenvalue weighted by Crippen LogP contribution is 2.31. The van der Waals surface area contributed by atoms with Crippen molar-refractivity contribution in [2.75, 3.05) is 0 Å². The summed E-state index contributed by atoms with van der Waals surface area (Å²) in [4.78, 5) is 4.02. The number of benzene rings is 1. The molecule has 18 heavy (non-hydrogen) atoms. The minimum atomic E-state index is -4.36. The van der Waals surface area contributed by atoms with Gasteiger partial charge in [0, 0.05) is 6.20 Å². The van der Waals surface area contributed by atoms with Crippen molar-refractivity contribution < 1.29 is 17.9 Å². The van der Waals surface area contributed by atoms with Gasteiger partial charge in [-0.15, -0.1) is 0 Å². The monoisotopic (exact) mass is 253 g/mol. The van der Waals surface area contributed by atoms with Crippen LogP contribution in [0.5, 0.6) is 5.75 Å². The highest BCUT2D eigenvalue weighted by molar-refractivity contribution is 5.30. The lowest BCUT2D eigenvalue weighted by atomic mass is 10.2. The third-order valence-electron chi connectivity index (χ3n) is 2.27. The third-order valence-corrected chi connectivity index (χ3v) is 2.27. The predicted octanol–water partition coefficient (Wildman–Crippen LogP) is 3.68. The summed E-state index contributed by atoms with van der Waals surface area (Å²) in [5.41, 5.74) is -0.0593. The molecule has 0 aliphatic carbocycles. The molecule has 0 saturated carbocycles. The molecule has 1 heterocycles. The van der Waals surface area contributed by atoms with Crippen LogP contribution >= 0.6 is 0 Å². The van der Waals surface area contributed by atoms with Crippen LogP contribution in [0.15, 0.2) is 48.7 Å². The first kappa shape index (κ1) is 12.4. The number of halogens is 3. The Morgan fingerprint density at radius 1 is 1.06 bits per heavy atom. The summed E-state index contributed by atoms with van der Waals surface area (Å²) in [6, 6.07) is 10.1. The topological polar surface area (TPSA) is 22.1 Å². The molecular formula is C13H10F3NO. The Labute approximate surface area is 102 Å². The van der Waals surface area contributed by atoms with Gasteiger partial charge >= 0.3 is 6.18 Å². The van der Waals surface area contributed by atoms with Crippen molar-refractivity contribution in [1.29, 1.82) is 0 Å². The maximum Gasteiger partial charge on any atom is 0.416 e. The maximum atomic E-state index is 12.5. The fourth-order valence-electron chi connectivity index (χ4n) is 1.40. The SMILES string of the molecule is FC(F)(F)c1cccc(OCc2ccccn2)c1. The molecule has 5 heteroatoms. The summed E-state index contributed by atoms with van der Waals surface area (Å²) in [5.74, 6) is 0.176. The maximum absolute atomic E-state index is 12.5. The molecule has 0 fully saturated rings. The molecule has 2 aromatic rings. The van der Waals surface area contributed by atoms with E-state index in [2.05, 4.69) is 4.98 Å². The van der Waals surface area contributed by atoms with Gasteiger partial charge in [0.15, 0.2) is 0 Å². The van der Waals surface area contributed by atoms with E-state index in [1.165, 1.54) is 12.1 Å². The molecular weight excluding hydrogens is 243 g/mol. The van der Waals surface area contributed by atoms with Crippen LogP contribution < -0.4 is 4.74 Å². The summed E-state index contributed by atoms with van der Waals surface area (Å²) < 4.78 is 42.7. The molecule has 2 nitrogen and oxygen atoms in total. The predicted molar refractivity (Wildman–Crippen MR) is 60.0 cm³/mol. The lowest BCUT2D eigenvalue weighted by Crippen LogP contribution is -2.05. The highest BCUT2D eigenvalue weighted by Gasteiger charge is 2.30. The molecule has 0 spiro atoms. The zero-order valence-electron chi connectivity index (χ0n) is 9.32. The molecule has 1 aromatic heterocycles. The number of pyridine rings is 1. The second kappa shape index (κ2) is 5.08. The average molecular weight is 253 g/mol. The molecule has 0 N–H and O–H groups in total. The molecule has 0 aliphatic heterocycles. The zero-order chi connectivity index (χ0) is 13.0. The van der Waals surface area contributed by atoms with Crippen LogP contribution in [-0.4, -0.2) is 4.98 Å². The van der Waals surface area contributed by atoms with E-state index in [0.29, 0.717) is 5.69 Å². The van der Waals surface area contributed by atoms with E-state index in [4.69, 9.17) is 4.74 Å². The van der Waals surface area contributed by atoms with Crippen molar-refractivity contribution in [3.8, 4) is 5.75 Å². The molecule has 0 radical (unpaired) electrons. The number of nitrogens with zero attached hydrogens (tertiary/aromatic N) is 1. The minimum Gasteiger partial charge on any atom is -0.487 e. The number of hydrogen-bond donors (Lipinski definition) is 0. The van der Waals surface area contributed by atoms with E-state index in [1.54, 1.807) is 24.4 Å². The standard InChI is InChI=1S/C13H10F3NO/c14-13(15,16)10-4-3-6-12(8-10)18-9-11-5-1-2-7-17-11/h1-8H,9H2. The fourth-order valence-corrected chi connectivity index (χ4v) is 1.40. The molecule has 94 valence electrons. The van der Waals surface area contributed by atoms with Gasteiger partial charge in [-0.3, -0.25) is 4.98 Å². The largest absolute Gasteiger partial charge is 0.487 e. The van der Waals surface area contributed by atoms with Gasteiger partial charge < -0.3 is 4.74 Å². The second-order valence-corrected chi connectivity index (χ2v) is 3.64. The van der Waals surface area contributed by atoms with Gasteiger partial charge in [-0.2, -0.15) is 13.2 Å². The molecule has 0 bridgehead atoms. The van der Waals surface area contributed by atoms with E-state index >= 15 is 0 Å². The molecule has 0 saturated heterocycles. The number of alkyl halides is 3. The van der Waals surface area contributed by atoms with Gasteiger partial charge in [0.2, 0.25) is 0 Å². The number of aromatic nitrogens is 1. The van der Waals surface area contributed by atoms with Crippen molar-refractivity contribution in [2.45, 2.75) is 12.8 Å². The Hall–Kier alpha value is -2.04. The van der Waals surface area contributed by atoms with Crippen molar-refractivity contribution in [3.05, 3.63) is 59.9 Å². The van der Waals surface area contributed by atoms with Crippen LogP contribution in [0.2, 0.25) is 0 Å². The first-order valence-corrected chi connectivity index (χ1v) is 5.26. The first-order chi connectivity index (χ1) is 8.55. The van der Waals surface area contributed by atoms with E-state index < -0.39 is 11.7 Å². The summed E-state index contributed by atoms with van der Waals surface area (Å²) in [5, 5.41) is 0. The average Bonchev–Trinajstić information content (AvgIpc) is 2.37. The molecule has 1 aromatic carbocycles. The summed E-state index contributed by atoms with van der Waals surface area (Å²) in [6.07, 6.45) is -2.75. The van der Waals surface area contributed by atoms with E-state index in [0.717, 1.165) is 12.1 Å². The Bertz CT molecular complexity index is 511. The Morgan fingerprint density at radius 3 is 2.56 bits per heavy atom. The fraction of sp³-hybridized carbons (Fsp3) is 0.154. The molecule has 0 aliphatic rings. The van der Waals surface area contributed by atoms with Gasteiger partial charge in [0.05, 0.1) is 11.3 Å². The van der Waals surface area contributed by atoms with Crippen LogP contribution in [0.25, 0.3) is 0 Å². The second-order valence-electron chi connectivity index (χ2n) is 3.64. The lowest BCUT2D eigenvalue weighted by molar-refractivity contribution is -0.137. The first-order valence-electron chi connectivity index (χ1n) is 5.26.